The molecule has 0 fully saturated rings. The highest BCUT2D eigenvalue weighted by molar-refractivity contribution is 7.25. The third-order valence-electron chi connectivity index (χ3n) is 18.2. The Morgan fingerprint density at radius 3 is 1.80 bits per heavy atom. The van der Waals surface area contributed by atoms with Crippen molar-refractivity contribution in [3.63, 3.8) is 0 Å². The maximum absolute atomic E-state index is 7.29. The molecule has 13 aromatic carbocycles. The second kappa shape index (κ2) is 18.2. The van der Waals surface area contributed by atoms with Gasteiger partial charge in [-0.25, -0.2) is 9.97 Å². The number of furan rings is 1. The number of fused-ring (bicyclic) bond motifs is 18. The maximum Gasteiger partial charge on any atom is 0.146 e. The minimum Gasteiger partial charge on any atom is -0.455 e. The van der Waals surface area contributed by atoms with E-state index >= 15 is 0 Å². The Morgan fingerprint density at radius 1 is 0.341 bits per heavy atom. The summed E-state index contributed by atoms with van der Waals surface area (Å²) in [5.41, 5.74) is 14.5. The highest BCUT2D eigenvalue weighted by Crippen LogP contribution is 2.54. The van der Waals surface area contributed by atoms with Gasteiger partial charge in [0.15, 0.2) is 0 Å². The van der Waals surface area contributed by atoms with Crippen LogP contribution in [0.4, 0.5) is 34.4 Å². The molecule has 4 heterocycles. The summed E-state index contributed by atoms with van der Waals surface area (Å²) in [6, 6.07) is 97.2. The van der Waals surface area contributed by atoms with E-state index in [2.05, 4.69) is 291 Å². The van der Waals surface area contributed by atoms with E-state index in [1.807, 2.05) is 11.3 Å². The molecule has 4 aromatic heterocycles. The van der Waals surface area contributed by atoms with Crippen molar-refractivity contribution in [1.29, 1.82) is 0 Å². The number of thiophene rings is 1. The molecule has 398 valence electrons. The average molecular weight is 1100 g/mol. The van der Waals surface area contributed by atoms with Gasteiger partial charge in [-0.2, -0.15) is 0 Å². The predicted molar refractivity (Wildman–Crippen MR) is 360 cm³/mol. The molecule has 0 aliphatic heterocycles. The van der Waals surface area contributed by atoms with Crippen LogP contribution in [-0.2, 0) is 5.41 Å². The Morgan fingerprint density at radius 2 is 0.918 bits per heavy atom. The molecule has 0 bridgehead atoms. The first-order valence-electron chi connectivity index (χ1n) is 29.1. The Labute approximate surface area is 493 Å². The van der Waals surface area contributed by atoms with Crippen LogP contribution in [0.2, 0.25) is 0 Å². The monoisotopic (exact) mass is 1100 g/mol. The third kappa shape index (κ3) is 7.10. The molecule has 5 nitrogen and oxygen atoms in total. The molecule has 0 N–H and O–H groups in total. The van der Waals surface area contributed by atoms with Gasteiger partial charge < -0.3 is 4.42 Å². The molecule has 0 saturated heterocycles. The molecule has 6 heteroatoms. The van der Waals surface area contributed by atoms with Gasteiger partial charge in [0.05, 0.1) is 22.1 Å². The zero-order chi connectivity index (χ0) is 56.1. The molecular formula is C79H50N4OS. The van der Waals surface area contributed by atoms with Gasteiger partial charge in [0.1, 0.15) is 22.8 Å². The maximum atomic E-state index is 7.29. The summed E-state index contributed by atoms with van der Waals surface area (Å²) in [6.07, 6.45) is 0. The molecule has 0 amide bonds. The fraction of sp³-hybridized carbons (Fsp3) is 0.0380. The molecule has 18 rings (SSSR count). The van der Waals surface area contributed by atoms with Gasteiger partial charge in [-0.1, -0.05) is 202 Å². The van der Waals surface area contributed by atoms with E-state index in [1.165, 1.54) is 64.0 Å². The number of anilines is 6. The summed E-state index contributed by atoms with van der Waals surface area (Å²) in [5, 5.41) is 15.9. The quantitative estimate of drug-likeness (QED) is 0.149. The fourth-order valence-corrected chi connectivity index (χ4v) is 15.3. The van der Waals surface area contributed by atoms with Crippen LogP contribution in [0.5, 0.6) is 0 Å². The van der Waals surface area contributed by atoms with Crippen LogP contribution in [-0.4, -0.2) is 9.97 Å². The smallest absolute Gasteiger partial charge is 0.146 e. The van der Waals surface area contributed by atoms with Crippen molar-refractivity contribution < 1.29 is 4.42 Å². The van der Waals surface area contributed by atoms with E-state index in [9.17, 15) is 0 Å². The summed E-state index contributed by atoms with van der Waals surface area (Å²) in [4.78, 5) is 16.3. The fourth-order valence-electron chi connectivity index (χ4n) is 14.2. The Kier molecular flexibility index (Phi) is 10.2. The molecule has 85 heavy (non-hydrogen) atoms. The Hall–Kier alpha value is -10.7. The largest absolute Gasteiger partial charge is 0.455 e. The summed E-state index contributed by atoms with van der Waals surface area (Å²) >= 11 is 1.84. The number of hydrogen-bond acceptors (Lipinski definition) is 6. The van der Waals surface area contributed by atoms with Crippen LogP contribution >= 0.6 is 11.3 Å². The number of pyridine rings is 2. The van der Waals surface area contributed by atoms with Gasteiger partial charge in [-0.3, -0.25) is 9.80 Å². The second-order valence-electron chi connectivity index (χ2n) is 23.2. The van der Waals surface area contributed by atoms with E-state index in [1.54, 1.807) is 0 Å². The van der Waals surface area contributed by atoms with Gasteiger partial charge in [0.25, 0.3) is 0 Å². The molecule has 0 radical (unpaired) electrons. The molecule has 1 aliphatic rings. The number of hydrogen-bond donors (Lipinski definition) is 0. The van der Waals surface area contributed by atoms with Crippen LogP contribution in [0, 0.1) is 0 Å². The normalized spacial score (nSPS) is 12.9. The van der Waals surface area contributed by atoms with Crippen LogP contribution in [0.15, 0.2) is 271 Å². The minimum atomic E-state index is -0.229. The van der Waals surface area contributed by atoms with E-state index in [0.717, 1.165) is 111 Å². The van der Waals surface area contributed by atoms with Crippen LogP contribution in [0.3, 0.4) is 0 Å². The second-order valence-corrected chi connectivity index (χ2v) is 24.2. The lowest BCUT2D eigenvalue weighted by Gasteiger charge is -2.29. The lowest BCUT2D eigenvalue weighted by Crippen LogP contribution is -2.17. The van der Waals surface area contributed by atoms with Crippen LogP contribution < -0.4 is 9.80 Å². The van der Waals surface area contributed by atoms with Crippen molar-refractivity contribution in [2.75, 3.05) is 9.80 Å². The molecule has 17 aromatic rings. The average Bonchev–Trinajstić information content (AvgIpc) is 2.17. The van der Waals surface area contributed by atoms with Crippen molar-refractivity contribution in [3.8, 4) is 22.3 Å². The van der Waals surface area contributed by atoms with E-state index in [-0.39, 0.29) is 5.41 Å². The van der Waals surface area contributed by atoms with Crippen molar-refractivity contribution in [3.05, 3.63) is 278 Å². The van der Waals surface area contributed by atoms with Crippen LogP contribution in [0.1, 0.15) is 25.0 Å². The SMILES string of the molecule is CC1(C)c2ccccc2-c2ccc(N(c3nc4ccccc4c4ccccc34)c3ccc(-c4cccc5nc(N(c6ccc7c(ccc8ccccc87)c6)c6ccc7sc8ccccc8c7c6)c6ccccc6c45)c4oc5ccccc5c34)cc21. The molecule has 0 saturated carbocycles. The van der Waals surface area contributed by atoms with Gasteiger partial charge in [0, 0.05) is 75.1 Å². The molecule has 0 spiro atoms. The topological polar surface area (TPSA) is 45.4 Å². The first-order chi connectivity index (χ1) is 41.9. The van der Waals surface area contributed by atoms with Crippen molar-refractivity contribution in [1.82, 2.24) is 9.97 Å². The molecule has 0 unspecified atom stereocenters. The Balaban J connectivity index is 0.879. The van der Waals surface area contributed by atoms with Crippen molar-refractivity contribution in [2.24, 2.45) is 0 Å². The lowest BCUT2D eigenvalue weighted by molar-refractivity contribution is 0.660. The highest BCUT2D eigenvalue weighted by atomic mass is 32.1. The molecule has 1 aliphatic carbocycles. The molecular weight excluding hydrogens is 1050 g/mol. The zero-order valence-electron chi connectivity index (χ0n) is 46.5. The van der Waals surface area contributed by atoms with E-state index in [0.29, 0.717) is 0 Å². The summed E-state index contributed by atoms with van der Waals surface area (Å²) in [5.74, 6) is 1.71. The van der Waals surface area contributed by atoms with E-state index < -0.39 is 0 Å². The number of aromatic nitrogens is 2. The van der Waals surface area contributed by atoms with Crippen molar-refractivity contribution in [2.45, 2.75) is 19.3 Å². The number of nitrogens with zero attached hydrogens (tertiary/aromatic N) is 4. The van der Waals surface area contributed by atoms with Crippen molar-refractivity contribution >= 4 is 153 Å². The lowest BCUT2D eigenvalue weighted by atomic mass is 9.82. The zero-order valence-corrected chi connectivity index (χ0v) is 47.3. The van der Waals surface area contributed by atoms with Gasteiger partial charge in [-0.05, 0) is 139 Å². The Bertz CT molecular complexity index is 5700. The summed E-state index contributed by atoms with van der Waals surface area (Å²) in [6.45, 7) is 4.71. The summed E-state index contributed by atoms with van der Waals surface area (Å²) < 4.78 is 9.82. The minimum absolute atomic E-state index is 0.229. The molecule has 0 atom stereocenters. The predicted octanol–water partition coefficient (Wildman–Crippen LogP) is 22.6. The third-order valence-corrected chi connectivity index (χ3v) is 19.3. The standard InChI is InChI=1S/C79H50N4OS/c1-79(2)66-29-13-9-21-55(66)56-40-37-51(46-67(56)79)83(78-62-25-7-5-20-54(62)57-22-10-14-30-68(57)80-78)70-42-41-61(76-75(70)64-27-11-15-32-71(64)84-76)59-28-17-31-69-74(59)60-24-6-8-26-63(60)77(81-69)82(50-38-43-73-65(45-50)58-23-12-16-33-72(58)85-73)49-36-39-53-48(44-49)35-34-47-18-3-4-19-52(47)53/h3-46H,1-2H3. The summed E-state index contributed by atoms with van der Waals surface area (Å²) in [7, 11) is 0. The van der Waals surface area contributed by atoms with Gasteiger partial charge >= 0.3 is 0 Å². The number of benzene rings is 13. The van der Waals surface area contributed by atoms with Crippen LogP contribution in [0.25, 0.3) is 129 Å². The highest BCUT2D eigenvalue weighted by Gasteiger charge is 2.37. The first-order valence-corrected chi connectivity index (χ1v) is 29.9. The van der Waals surface area contributed by atoms with E-state index in [4.69, 9.17) is 14.4 Å². The first kappa shape index (κ1) is 47.9. The number of para-hydroxylation sites is 2. The number of rotatable bonds is 7. The van der Waals surface area contributed by atoms with Gasteiger partial charge in [-0.15, -0.1) is 11.3 Å². The van der Waals surface area contributed by atoms with Gasteiger partial charge in [0.2, 0.25) is 0 Å².